The first-order valence-corrected chi connectivity index (χ1v) is 4.77. The third kappa shape index (κ3) is 1.26. The van der Waals surface area contributed by atoms with Gasteiger partial charge < -0.3 is 0 Å². The molecule has 2 bridgehead atoms. The third-order valence-electron chi connectivity index (χ3n) is 2.91. The SMILES string of the molecule is CC/C=C/C1=C2CCC(C1)C2. The van der Waals surface area contributed by atoms with Crippen LogP contribution >= 0.6 is 0 Å². The molecule has 11 heavy (non-hydrogen) atoms. The van der Waals surface area contributed by atoms with Gasteiger partial charge >= 0.3 is 0 Å². The Morgan fingerprint density at radius 2 is 2.36 bits per heavy atom. The van der Waals surface area contributed by atoms with Gasteiger partial charge in [0.15, 0.2) is 0 Å². The Labute approximate surface area is 69.0 Å². The maximum Gasteiger partial charge on any atom is -0.0248 e. The van der Waals surface area contributed by atoms with Gasteiger partial charge in [-0.05, 0) is 43.6 Å². The van der Waals surface area contributed by atoms with Crippen molar-refractivity contribution in [2.24, 2.45) is 5.92 Å². The zero-order valence-electron chi connectivity index (χ0n) is 7.27. The largest absolute Gasteiger partial charge is 0.0845 e. The molecule has 0 spiro atoms. The maximum absolute atomic E-state index is 2.36. The average Bonchev–Trinajstić information content (AvgIpc) is 2.60. The normalized spacial score (nSPS) is 29.4. The summed E-state index contributed by atoms with van der Waals surface area (Å²) in [6.45, 7) is 2.20. The highest BCUT2D eigenvalue weighted by Crippen LogP contribution is 2.44. The van der Waals surface area contributed by atoms with E-state index in [2.05, 4.69) is 19.1 Å². The molecule has 0 aliphatic heterocycles. The molecule has 60 valence electrons. The van der Waals surface area contributed by atoms with Crippen LogP contribution in [0, 0.1) is 5.92 Å². The first-order chi connectivity index (χ1) is 5.40. The molecule has 0 heterocycles. The second-order valence-electron chi connectivity index (χ2n) is 3.75. The summed E-state index contributed by atoms with van der Waals surface area (Å²) in [5, 5.41) is 0. The molecule has 0 aromatic carbocycles. The first-order valence-electron chi connectivity index (χ1n) is 4.77. The Morgan fingerprint density at radius 3 is 2.91 bits per heavy atom. The number of allylic oxidation sites excluding steroid dienone is 4. The summed E-state index contributed by atoms with van der Waals surface area (Å²) in [6.07, 6.45) is 11.5. The van der Waals surface area contributed by atoms with Gasteiger partial charge in [-0.1, -0.05) is 24.6 Å². The molecule has 1 saturated carbocycles. The smallest absolute Gasteiger partial charge is 0.0248 e. The van der Waals surface area contributed by atoms with Crippen molar-refractivity contribution in [2.75, 3.05) is 0 Å². The van der Waals surface area contributed by atoms with Gasteiger partial charge in [0.1, 0.15) is 0 Å². The fourth-order valence-electron chi connectivity index (χ4n) is 2.30. The minimum absolute atomic E-state index is 1.03. The first kappa shape index (κ1) is 7.15. The second-order valence-corrected chi connectivity index (χ2v) is 3.75. The van der Waals surface area contributed by atoms with Crippen molar-refractivity contribution < 1.29 is 0 Å². The average molecular weight is 148 g/mol. The van der Waals surface area contributed by atoms with Gasteiger partial charge in [0.05, 0.1) is 0 Å². The van der Waals surface area contributed by atoms with Gasteiger partial charge in [-0.3, -0.25) is 0 Å². The quantitative estimate of drug-likeness (QED) is 0.562. The van der Waals surface area contributed by atoms with Crippen molar-refractivity contribution in [3.05, 3.63) is 23.3 Å². The number of hydrogen-bond donors (Lipinski definition) is 0. The summed E-state index contributed by atoms with van der Waals surface area (Å²) in [6, 6.07) is 0. The van der Waals surface area contributed by atoms with Crippen LogP contribution in [0.2, 0.25) is 0 Å². The van der Waals surface area contributed by atoms with E-state index >= 15 is 0 Å². The molecule has 2 rings (SSSR count). The molecule has 0 saturated heterocycles. The molecule has 0 nitrogen and oxygen atoms in total. The number of hydrogen-bond acceptors (Lipinski definition) is 0. The van der Waals surface area contributed by atoms with Crippen molar-refractivity contribution in [1.82, 2.24) is 0 Å². The molecule has 0 N–H and O–H groups in total. The van der Waals surface area contributed by atoms with Gasteiger partial charge in [-0.15, -0.1) is 0 Å². The Balaban J connectivity index is 2.09. The van der Waals surface area contributed by atoms with Crippen LogP contribution < -0.4 is 0 Å². The van der Waals surface area contributed by atoms with Gasteiger partial charge in [0.25, 0.3) is 0 Å². The van der Waals surface area contributed by atoms with E-state index in [1.165, 1.54) is 32.1 Å². The molecule has 1 atom stereocenters. The lowest BCUT2D eigenvalue weighted by molar-refractivity contribution is 0.567. The van der Waals surface area contributed by atoms with Crippen LogP contribution in [0.15, 0.2) is 23.3 Å². The molecule has 0 heteroatoms. The van der Waals surface area contributed by atoms with Gasteiger partial charge in [-0.2, -0.15) is 0 Å². The Hall–Kier alpha value is -0.520. The van der Waals surface area contributed by atoms with Crippen molar-refractivity contribution in [2.45, 2.75) is 39.0 Å². The molecule has 2 aliphatic carbocycles. The molecule has 0 aromatic rings. The van der Waals surface area contributed by atoms with E-state index in [0.717, 1.165) is 5.92 Å². The topological polar surface area (TPSA) is 0 Å². The lowest BCUT2D eigenvalue weighted by Crippen LogP contribution is -1.91. The van der Waals surface area contributed by atoms with Crippen molar-refractivity contribution >= 4 is 0 Å². The zero-order chi connectivity index (χ0) is 7.68. The van der Waals surface area contributed by atoms with E-state index in [-0.39, 0.29) is 0 Å². The van der Waals surface area contributed by atoms with E-state index in [1.807, 2.05) is 0 Å². The lowest BCUT2D eigenvalue weighted by Gasteiger charge is -2.07. The molecule has 0 aromatic heterocycles. The maximum atomic E-state index is 2.36. The third-order valence-corrected chi connectivity index (χ3v) is 2.91. The highest BCUT2D eigenvalue weighted by atomic mass is 14.3. The van der Waals surface area contributed by atoms with E-state index < -0.39 is 0 Å². The molecule has 0 radical (unpaired) electrons. The highest BCUT2D eigenvalue weighted by molar-refractivity contribution is 5.33. The molecule has 1 unspecified atom stereocenters. The fourth-order valence-corrected chi connectivity index (χ4v) is 2.30. The van der Waals surface area contributed by atoms with Crippen LogP contribution in [0.25, 0.3) is 0 Å². The summed E-state index contributed by atoms with van der Waals surface area (Å²) in [4.78, 5) is 0. The summed E-state index contributed by atoms with van der Waals surface area (Å²) in [5.74, 6) is 1.03. The summed E-state index contributed by atoms with van der Waals surface area (Å²) in [5.41, 5.74) is 3.43. The van der Waals surface area contributed by atoms with Crippen LogP contribution in [0.4, 0.5) is 0 Å². The van der Waals surface area contributed by atoms with E-state index in [4.69, 9.17) is 0 Å². The van der Waals surface area contributed by atoms with Crippen LogP contribution in [0.5, 0.6) is 0 Å². The van der Waals surface area contributed by atoms with Gasteiger partial charge in [-0.25, -0.2) is 0 Å². The van der Waals surface area contributed by atoms with Gasteiger partial charge in [0, 0.05) is 0 Å². The summed E-state index contributed by atoms with van der Waals surface area (Å²) >= 11 is 0. The number of rotatable bonds is 2. The van der Waals surface area contributed by atoms with Crippen LogP contribution in [0.3, 0.4) is 0 Å². The highest BCUT2D eigenvalue weighted by Gasteiger charge is 2.28. The van der Waals surface area contributed by atoms with Crippen molar-refractivity contribution in [3.63, 3.8) is 0 Å². The predicted octanol–water partition coefficient (Wildman–Crippen LogP) is 3.45. The standard InChI is InChI=1S/C11H16/c1-2-3-4-10-7-9-5-6-11(10)8-9/h3-4,9H,2,5-8H2,1H3/b4-3+. The van der Waals surface area contributed by atoms with Crippen LogP contribution in [0.1, 0.15) is 39.0 Å². The van der Waals surface area contributed by atoms with Crippen LogP contribution in [-0.4, -0.2) is 0 Å². The zero-order valence-corrected chi connectivity index (χ0v) is 7.27. The lowest BCUT2D eigenvalue weighted by atomic mass is 9.99. The minimum atomic E-state index is 1.03. The van der Waals surface area contributed by atoms with Crippen molar-refractivity contribution in [1.29, 1.82) is 0 Å². The molecular formula is C11H16. The molecular weight excluding hydrogens is 132 g/mol. The monoisotopic (exact) mass is 148 g/mol. The van der Waals surface area contributed by atoms with E-state index in [1.54, 1.807) is 11.1 Å². The van der Waals surface area contributed by atoms with Crippen LogP contribution in [-0.2, 0) is 0 Å². The Morgan fingerprint density at radius 1 is 1.45 bits per heavy atom. The summed E-state index contributed by atoms with van der Waals surface area (Å²) < 4.78 is 0. The number of fused-ring (bicyclic) bond motifs is 2. The minimum Gasteiger partial charge on any atom is -0.0845 e. The molecule has 1 fully saturated rings. The fraction of sp³-hybridized carbons (Fsp3) is 0.636. The molecule has 2 aliphatic rings. The van der Waals surface area contributed by atoms with Gasteiger partial charge in [0.2, 0.25) is 0 Å². The summed E-state index contributed by atoms with van der Waals surface area (Å²) in [7, 11) is 0. The Kier molecular flexibility index (Phi) is 1.85. The van der Waals surface area contributed by atoms with Crippen molar-refractivity contribution in [3.8, 4) is 0 Å². The predicted molar refractivity (Wildman–Crippen MR) is 48.4 cm³/mol. The second kappa shape index (κ2) is 2.84. The Bertz CT molecular complexity index is 208. The van der Waals surface area contributed by atoms with E-state index in [0.29, 0.717) is 0 Å². The molecule has 0 amide bonds. The van der Waals surface area contributed by atoms with E-state index in [9.17, 15) is 0 Å².